The van der Waals surface area contributed by atoms with Crippen LogP contribution in [0.3, 0.4) is 0 Å². The van der Waals surface area contributed by atoms with Crippen LogP contribution in [0.2, 0.25) is 0 Å². The summed E-state index contributed by atoms with van der Waals surface area (Å²) < 4.78 is 36.9. The molecule has 0 atom stereocenters. The number of rotatable bonds is 2. The largest absolute Gasteiger partial charge is 0.480 e. The molecule has 0 saturated heterocycles. The summed E-state index contributed by atoms with van der Waals surface area (Å²) in [4.78, 5) is 19.2. The lowest BCUT2D eigenvalue weighted by Gasteiger charge is -2.15. The van der Waals surface area contributed by atoms with Crippen LogP contribution in [0.4, 0.5) is 13.2 Å². The van der Waals surface area contributed by atoms with Gasteiger partial charge in [0.2, 0.25) is 0 Å². The monoisotopic (exact) mass is 334 g/mol. The summed E-state index contributed by atoms with van der Waals surface area (Å²) in [6, 6.07) is 2.11. The smallest absolute Gasteiger partial charge is 0.317 e. The number of hydrogen-bond acceptors (Lipinski definition) is 4. The molecule has 1 aromatic rings. The van der Waals surface area contributed by atoms with Crippen LogP contribution in [0.15, 0.2) is 12.1 Å². The number of benzene rings is 1. The maximum absolute atomic E-state index is 12.4. The fourth-order valence-corrected chi connectivity index (χ4v) is 1.77. The molecule has 130 valence electrons. The molecule has 1 aromatic carbocycles. The van der Waals surface area contributed by atoms with Crippen molar-refractivity contribution in [1.82, 2.24) is 0 Å². The maximum Gasteiger partial charge on any atom is 0.317 e. The highest BCUT2D eigenvalue weighted by Gasteiger charge is 2.11. The van der Waals surface area contributed by atoms with Gasteiger partial charge in [-0.2, -0.15) is 0 Å². The Morgan fingerprint density at radius 3 is 2.04 bits per heavy atom. The second-order valence-corrected chi connectivity index (χ2v) is 4.88. The Morgan fingerprint density at radius 1 is 1.17 bits per heavy atom. The SMILES string of the molecule is NC1CCCCC1.NCC(=O)O.O=Cc1ccc(F)c(F)c1F. The molecule has 8 heteroatoms. The molecule has 5 N–H and O–H groups in total. The van der Waals surface area contributed by atoms with Crippen LogP contribution in [0, 0.1) is 17.5 Å². The molecule has 0 aliphatic heterocycles. The van der Waals surface area contributed by atoms with Gasteiger partial charge >= 0.3 is 5.97 Å². The van der Waals surface area contributed by atoms with E-state index in [9.17, 15) is 22.8 Å². The minimum Gasteiger partial charge on any atom is -0.480 e. The van der Waals surface area contributed by atoms with Crippen molar-refractivity contribution in [2.45, 2.75) is 38.1 Å². The topological polar surface area (TPSA) is 106 Å². The third-order valence-electron chi connectivity index (χ3n) is 3.02. The number of nitrogens with two attached hydrogens (primary N) is 2. The quantitative estimate of drug-likeness (QED) is 0.568. The summed E-state index contributed by atoms with van der Waals surface area (Å²) in [5.74, 6) is -5.33. The first-order valence-electron chi connectivity index (χ1n) is 7.09. The standard InChI is InChI=1S/C7H3F3O.C6H13N.C2H5NO2/c8-5-2-1-4(3-11)6(9)7(5)10;7-6-4-2-1-3-5-6;3-1-2(4)5/h1-3H;6H,1-5,7H2;1,3H2,(H,4,5). The second kappa shape index (κ2) is 11.6. The van der Waals surface area contributed by atoms with Crippen molar-refractivity contribution < 1.29 is 27.9 Å². The van der Waals surface area contributed by atoms with Crippen LogP contribution in [-0.2, 0) is 4.79 Å². The van der Waals surface area contributed by atoms with Gasteiger partial charge < -0.3 is 16.6 Å². The van der Waals surface area contributed by atoms with E-state index < -0.39 is 29.0 Å². The van der Waals surface area contributed by atoms with E-state index in [1.54, 1.807) is 0 Å². The Labute approximate surface area is 132 Å². The summed E-state index contributed by atoms with van der Waals surface area (Å²) in [5.41, 5.74) is 9.72. The van der Waals surface area contributed by atoms with Crippen LogP contribution >= 0.6 is 0 Å². The normalized spacial score (nSPS) is 14.0. The van der Waals surface area contributed by atoms with Gasteiger partial charge in [0.1, 0.15) is 0 Å². The minimum atomic E-state index is -1.62. The van der Waals surface area contributed by atoms with E-state index in [2.05, 4.69) is 5.73 Å². The summed E-state index contributed by atoms with van der Waals surface area (Å²) in [6.07, 6.45) is 6.79. The third kappa shape index (κ3) is 8.94. The highest BCUT2D eigenvalue weighted by molar-refractivity contribution is 5.75. The molecule has 0 amide bonds. The predicted molar refractivity (Wildman–Crippen MR) is 79.5 cm³/mol. The van der Waals surface area contributed by atoms with Crippen molar-refractivity contribution in [1.29, 1.82) is 0 Å². The van der Waals surface area contributed by atoms with Crippen molar-refractivity contribution in [2.75, 3.05) is 6.54 Å². The number of carbonyl (C=O) groups is 2. The summed E-state index contributed by atoms with van der Waals surface area (Å²) in [7, 11) is 0. The lowest BCUT2D eigenvalue weighted by molar-refractivity contribution is -0.135. The number of aliphatic carboxylic acids is 1. The first-order valence-corrected chi connectivity index (χ1v) is 7.09. The van der Waals surface area contributed by atoms with Gasteiger partial charge in [-0.1, -0.05) is 19.3 Å². The molecule has 0 unspecified atom stereocenters. The molecule has 1 saturated carbocycles. The Kier molecular flexibility index (Phi) is 10.6. The van der Waals surface area contributed by atoms with Gasteiger partial charge in [0.05, 0.1) is 12.1 Å². The van der Waals surface area contributed by atoms with Crippen molar-refractivity contribution in [3.63, 3.8) is 0 Å². The Hall–Kier alpha value is -1.93. The maximum atomic E-state index is 12.4. The fraction of sp³-hybridized carbons (Fsp3) is 0.467. The van der Waals surface area contributed by atoms with E-state index in [4.69, 9.17) is 10.8 Å². The Bertz CT molecular complexity index is 507. The molecule has 0 bridgehead atoms. The van der Waals surface area contributed by atoms with E-state index in [0.29, 0.717) is 12.1 Å². The van der Waals surface area contributed by atoms with E-state index in [1.807, 2.05) is 0 Å². The summed E-state index contributed by atoms with van der Waals surface area (Å²) in [5, 5.41) is 7.60. The molecule has 1 aliphatic rings. The van der Waals surface area contributed by atoms with Crippen molar-refractivity contribution in [3.05, 3.63) is 35.1 Å². The van der Waals surface area contributed by atoms with Gasteiger partial charge in [-0.3, -0.25) is 9.59 Å². The molecule has 1 aliphatic carbocycles. The highest BCUT2D eigenvalue weighted by atomic mass is 19.2. The number of carbonyl (C=O) groups excluding carboxylic acids is 1. The van der Waals surface area contributed by atoms with Gasteiger partial charge in [-0.05, 0) is 25.0 Å². The van der Waals surface area contributed by atoms with Gasteiger partial charge in [0.25, 0.3) is 0 Å². The third-order valence-corrected chi connectivity index (χ3v) is 3.02. The van der Waals surface area contributed by atoms with E-state index in [1.165, 1.54) is 32.1 Å². The summed E-state index contributed by atoms with van der Waals surface area (Å²) in [6.45, 7) is -0.278. The molecule has 23 heavy (non-hydrogen) atoms. The first kappa shape index (κ1) is 21.1. The Balaban J connectivity index is 0.000000347. The molecule has 2 rings (SSSR count). The first-order chi connectivity index (χ1) is 10.8. The lowest BCUT2D eigenvalue weighted by Crippen LogP contribution is -2.22. The number of aldehydes is 1. The van der Waals surface area contributed by atoms with Crippen LogP contribution < -0.4 is 11.5 Å². The predicted octanol–water partition coefficient (Wildman–Crippen LogP) is 2.22. The van der Waals surface area contributed by atoms with E-state index in [-0.39, 0.29) is 12.8 Å². The minimum absolute atomic E-state index is 0.123. The number of carboxylic acid groups (broad SMARTS) is 1. The van der Waals surface area contributed by atoms with Gasteiger partial charge in [-0.15, -0.1) is 0 Å². The van der Waals surface area contributed by atoms with E-state index in [0.717, 1.165) is 6.07 Å². The van der Waals surface area contributed by atoms with E-state index >= 15 is 0 Å². The zero-order valence-corrected chi connectivity index (χ0v) is 12.6. The number of halogens is 3. The number of carboxylic acids is 1. The molecular weight excluding hydrogens is 313 g/mol. The molecule has 0 aromatic heterocycles. The molecular formula is C15H21F3N2O3. The summed E-state index contributed by atoms with van der Waals surface area (Å²) >= 11 is 0. The van der Waals surface area contributed by atoms with Crippen molar-refractivity contribution in [2.24, 2.45) is 11.5 Å². The van der Waals surface area contributed by atoms with Crippen molar-refractivity contribution >= 4 is 12.3 Å². The van der Waals surface area contributed by atoms with Gasteiger partial charge in [-0.25, -0.2) is 13.2 Å². The Morgan fingerprint density at radius 2 is 1.70 bits per heavy atom. The zero-order chi connectivity index (χ0) is 17.8. The van der Waals surface area contributed by atoms with Gasteiger partial charge in [0.15, 0.2) is 23.7 Å². The molecule has 5 nitrogen and oxygen atoms in total. The van der Waals surface area contributed by atoms with Crippen LogP contribution in [-0.4, -0.2) is 29.9 Å². The average molecular weight is 334 g/mol. The number of hydrogen-bond donors (Lipinski definition) is 3. The fourth-order valence-electron chi connectivity index (χ4n) is 1.77. The highest BCUT2D eigenvalue weighted by Crippen LogP contribution is 2.15. The molecule has 0 radical (unpaired) electrons. The van der Waals surface area contributed by atoms with Crippen LogP contribution in [0.25, 0.3) is 0 Å². The average Bonchev–Trinajstić information content (AvgIpc) is 2.55. The molecule has 0 heterocycles. The second-order valence-electron chi connectivity index (χ2n) is 4.88. The zero-order valence-electron chi connectivity index (χ0n) is 12.6. The molecule has 0 spiro atoms. The van der Waals surface area contributed by atoms with Crippen LogP contribution in [0.1, 0.15) is 42.5 Å². The lowest BCUT2D eigenvalue weighted by atomic mass is 9.97. The van der Waals surface area contributed by atoms with Crippen molar-refractivity contribution in [3.8, 4) is 0 Å². The molecule has 1 fully saturated rings. The van der Waals surface area contributed by atoms with Gasteiger partial charge in [0, 0.05) is 6.04 Å². The van der Waals surface area contributed by atoms with Crippen LogP contribution in [0.5, 0.6) is 0 Å².